The SMILES string of the molecule is CN(CCC(=O)O)C(=O)Nc1ccc(C#N)c(Br)c1. The molecule has 0 heterocycles. The minimum absolute atomic E-state index is 0.110. The van der Waals surface area contributed by atoms with Gasteiger partial charge in [-0.05, 0) is 34.1 Å². The Morgan fingerprint density at radius 1 is 1.53 bits per heavy atom. The summed E-state index contributed by atoms with van der Waals surface area (Å²) >= 11 is 3.22. The number of hydrogen-bond acceptors (Lipinski definition) is 3. The van der Waals surface area contributed by atoms with Crippen LogP contribution in [0.2, 0.25) is 0 Å². The molecule has 1 aromatic rings. The zero-order valence-corrected chi connectivity index (χ0v) is 11.8. The van der Waals surface area contributed by atoms with Crippen LogP contribution in [0.5, 0.6) is 0 Å². The maximum atomic E-state index is 11.7. The van der Waals surface area contributed by atoms with Gasteiger partial charge in [0.25, 0.3) is 0 Å². The molecule has 1 aromatic carbocycles. The predicted molar refractivity (Wildman–Crippen MR) is 72.8 cm³/mol. The van der Waals surface area contributed by atoms with Crippen molar-refractivity contribution in [1.82, 2.24) is 4.90 Å². The highest BCUT2D eigenvalue weighted by atomic mass is 79.9. The number of anilines is 1. The zero-order chi connectivity index (χ0) is 14.4. The smallest absolute Gasteiger partial charge is 0.321 e. The Labute approximate surface area is 118 Å². The lowest BCUT2D eigenvalue weighted by molar-refractivity contribution is -0.137. The van der Waals surface area contributed by atoms with Crippen LogP contribution in [0.3, 0.4) is 0 Å². The number of benzene rings is 1. The van der Waals surface area contributed by atoms with E-state index in [-0.39, 0.29) is 13.0 Å². The molecule has 0 saturated heterocycles. The summed E-state index contributed by atoms with van der Waals surface area (Å²) in [6.07, 6.45) is -0.110. The van der Waals surface area contributed by atoms with Crippen LogP contribution in [0, 0.1) is 11.3 Å². The van der Waals surface area contributed by atoms with E-state index in [0.29, 0.717) is 15.7 Å². The number of rotatable bonds is 4. The van der Waals surface area contributed by atoms with Gasteiger partial charge in [-0.25, -0.2) is 4.79 Å². The zero-order valence-electron chi connectivity index (χ0n) is 10.2. The molecule has 0 spiro atoms. The minimum atomic E-state index is -0.958. The number of halogens is 1. The second kappa shape index (κ2) is 6.75. The number of carbonyl (C=O) groups is 2. The van der Waals surface area contributed by atoms with Gasteiger partial charge in [0.05, 0.1) is 12.0 Å². The lowest BCUT2D eigenvalue weighted by Crippen LogP contribution is -2.33. The molecule has 0 aliphatic carbocycles. The van der Waals surface area contributed by atoms with Gasteiger partial charge in [-0.3, -0.25) is 4.79 Å². The molecule has 19 heavy (non-hydrogen) atoms. The molecule has 0 atom stereocenters. The van der Waals surface area contributed by atoms with E-state index in [1.165, 1.54) is 11.9 Å². The Bertz CT molecular complexity index is 540. The van der Waals surface area contributed by atoms with Gasteiger partial charge >= 0.3 is 12.0 Å². The van der Waals surface area contributed by atoms with Crippen molar-refractivity contribution in [2.24, 2.45) is 0 Å². The fraction of sp³-hybridized carbons (Fsp3) is 0.250. The molecule has 0 aromatic heterocycles. The molecule has 0 unspecified atom stereocenters. The number of nitrogens with zero attached hydrogens (tertiary/aromatic N) is 2. The van der Waals surface area contributed by atoms with Gasteiger partial charge in [0.1, 0.15) is 6.07 Å². The minimum Gasteiger partial charge on any atom is -0.481 e. The quantitative estimate of drug-likeness (QED) is 0.887. The molecule has 1 rings (SSSR count). The predicted octanol–water partition coefficient (Wildman–Crippen LogP) is 2.26. The second-order valence-corrected chi connectivity index (χ2v) is 4.66. The van der Waals surface area contributed by atoms with Crippen molar-refractivity contribution in [2.75, 3.05) is 18.9 Å². The number of carboxylic acid groups (broad SMARTS) is 1. The van der Waals surface area contributed by atoms with Gasteiger partial charge < -0.3 is 15.3 Å². The summed E-state index contributed by atoms with van der Waals surface area (Å²) in [5.41, 5.74) is 0.996. The average molecular weight is 326 g/mol. The molecule has 0 radical (unpaired) electrons. The summed E-state index contributed by atoms with van der Waals surface area (Å²) in [6.45, 7) is 0.124. The maximum Gasteiger partial charge on any atom is 0.321 e. The number of nitriles is 1. The van der Waals surface area contributed by atoms with E-state index in [2.05, 4.69) is 21.2 Å². The Kier molecular flexibility index (Phi) is 5.33. The van der Waals surface area contributed by atoms with E-state index in [1.54, 1.807) is 18.2 Å². The summed E-state index contributed by atoms with van der Waals surface area (Å²) in [6, 6.07) is 6.39. The molecule has 6 nitrogen and oxygen atoms in total. The van der Waals surface area contributed by atoms with E-state index in [0.717, 1.165) is 0 Å². The molecular weight excluding hydrogens is 314 g/mol. The molecule has 0 fully saturated rings. The highest BCUT2D eigenvalue weighted by Crippen LogP contribution is 2.20. The third-order valence-electron chi connectivity index (χ3n) is 2.35. The Balaban J connectivity index is 2.64. The van der Waals surface area contributed by atoms with Crippen LogP contribution in [0.1, 0.15) is 12.0 Å². The first-order valence-electron chi connectivity index (χ1n) is 5.37. The fourth-order valence-corrected chi connectivity index (χ4v) is 1.73. The number of amides is 2. The standard InChI is InChI=1S/C12H12BrN3O3/c1-16(5-4-11(17)18)12(19)15-9-3-2-8(7-14)10(13)6-9/h2-3,6H,4-5H2,1H3,(H,15,19)(H,17,18). The normalized spacial score (nSPS) is 9.53. The Morgan fingerprint density at radius 3 is 2.74 bits per heavy atom. The first-order chi connectivity index (χ1) is 8.93. The van der Waals surface area contributed by atoms with Crippen LogP contribution in [0.15, 0.2) is 22.7 Å². The topological polar surface area (TPSA) is 93.4 Å². The monoisotopic (exact) mass is 325 g/mol. The third kappa shape index (κ3) is 4.60. The molecule has 2 N–H and O–H groups in total. The van der Waals surface area contributed by atoms with Crippen molar-refractivity contribution >= 4 is 33.6 Å². The number of nitrogens with one attached hydrogen (secondary N) is 1. The summed E-state index contributed by atoms with van der Waals surface area (Å²) in [4.78, 5) is 23.4. The van der Waals surface area contributed by atoms with Crippen LogP contribution in [0.25, 0.3) is 0 Å². The molecule has 2 amide bonds. The van der Waals surface area contributed by atoms with Crippen molar-refractivity contribution in [3.8, 4) is 6.07 Å². The van der Waals surface area contributed by atoms with Crippen LogP contribution in [-0.2, 0) is 4.79 Å². The molecule has 7 heteroatoms. The van der Waals surface area contributed by atoms with Gasteiger partial charge in [-0.2, -0.15) is 5.26 Å². The number of aliphatic carboxylic acids is 1. The van der Waals surface area contributed by atoms with Gasteiger partial charge in [0.2, 0.25) is 0 Å². The molecular formula is C12H12BrN3O3. The van der Waals surface area contributed by atoms with Crippen LogP contribution in [0.4, 0.5) is 10.5 Å². The third-order valence-corrected chi connectivity index (χ3v) is 3.00. The first kappa shape index (κ1) is 15.0. The lowest BCUT2D eigenvalue weighted by atomic mass is 10.2. The fourth-order valence-electron chi connectivity index (χ4n) is 1.27. The van der Waals surface area contributed by atoms with Crippen molar-refractivity contribution in [1.29, 1.82) is 5.26 Å². The van der Waals surface area contributed by atoms with E-state index in [4.69, 9.17) is 10.4 Å². The lowest BCUT2D eigenvalue weighted by Gasteiger charge is -2.17. The van der Waals surface area contributed by atoms with Crippen LogP contribution in [-0.4, -0.2) is 35.6 Å². The van der Waals surface area contributed by atoms with E-state index in [9.17, 15) is 9.59 Å². The van der Waals surface area contributed by atoms with Crippen molar-refractivity contribution < 1.29 is 14.7 Å². The van der Waals surface area contributed by atoms with Crippen LogP contribution < -0.4 is 5.32 Å². The number of hydrogen-bond donors (Lipinski definition) is 2. The molecule has 100 valence electrons. The maximum absolute atomic E-state index is 11.7. The average Bonchev–Trinajstić information content (AvgIpc) is 2.36. The summed E-state index contributed by atoms with van der Waals surface area (Å²) < 4.78 is 0.584. The number of carboxylic acids is 1. The first-order valence-corrected chi connectivity index (χ1v) is 6.17. The van der Waals surface area contributed by atoms with Crippen molar-refractivity contribution in [3.63, 3.8) is 0 Å². The van der Waals surface area contributed by atoms with Crippen molar-refractivity contribution in [3.05, 3.63) is 28.2 Å². The van der Waals surface area contributed by atoms with E-state index < -0.39 is 12.0 Å². The van der Waals surface area contributed by atoms with Gasteiger partial charge in [0.15, 0.2) is 0 Å². The molecule has 0 saturated carbocycles. The molecule has 0 aliphatic rings. The Morgan fingerprint density at radius 2 is 2.21 bits per heavy atom. The second-order valence-electron chi connectivity index (χ2n) is 3.80. The highest BCUT2D eigenvalue weighted by molar-refractivity contribution is 9.10. The molecule has 0 aliphatic heterocycles. The van der Waals surface area contributed by atoms with E-state index in [1.807, 2.05) is 6.07 Å². The van der Waals surface area contributed by atoms with Gasteiger partial charge in [-0.15, -0.1) is 0 Å². The summed E-state index contributed by atoms with van der Waals surface area (Å²) in [7, 11) is 1.51. The van der Waals surface area contributed by atoms with Crippen molar-refractivity contribution in [2.45, 2.75) is 6.42 Å². The number of carbonyl (C=O) groups excluding carboxylic acids is 1. The number of urea groups is 1. The van der Waals surface area contributed by atoms with E-state index >= 15 is 0 Å². The Hall–Kier alpha value is -2.07. The van der Waals surface area contributed by atoms with Crippen LogP contribution >= 0.6 is 15.9 Å². The van der Waals surface area contributed by atoms with Gasteiger partial charge in [-0.1, -0.05) is 0 Å². The highest BCUT2D eigenvalue weighted by Gasteiger charge is 2.11. The largest absolute Gasteiger partial charge is 0.481 e. The van der Waals surface area contributed by atoms with Gasteiger partial charge in [0, 0.05) is 23.8 Å². The molecule has 0 bridgehead atoms. The summed E-state index contributed by atoms with van der Waals surface area (Å²) in [5, 5.41) is 19.9. The summed E-state index contributed by atoms with van der Waals surface area (Å²) in [5.74, 6) is -0.958.